The standard InChI is InChI=1S/C24H32FN3O4S/c1-5-6-15-26-24(30)19(3)27(16-20-11-13-21(25)14-12-20)23(29)17-28(33(4,31)32)22-10-8-7-9-18(22)2/h7-14,19H,5-6,15-17H2,1-4H3,(H,26,30)/t19-/m0/s1. The van der Waals surface area contributed by atoms with E-state index in [1.54, 1.807) is 38.1 Å². The van der Waals surface area contributed by atoms with Crippen molar-refractivity contribution < 1.29 is 22.4 Å². The maximum Gasteiger partial charge on any atom is 0.244 e. The predicted molar refractivity (Wildman–Crippen MR) is 128 cm³/mol. The summed E-state index contributed by atoms with van der Waals surface area (Å²) in [6.45, 7) is 5.42. The largest absolute Gasteiger partial charge is 0.354 e. The highest BCUT2D eigenvalue weighted by atomic mass is 32.2. The van der Waals surface area contributed by atoms with Crippen LogP contribution in [0.15, 0.2) is 48.5 Å². The van der Waals surface area contributed by atoms with Gasteiger partial charge in [-0.15, -0.1) is 0 Å². The van der Waals surface area contributed by atoms with Gasteiger partial charge in [-0.05, 0) is 49.6 Å². The van der Waals surface area contributed by atoms with E-state index < -0.39 is 34.3 Å². The molecule has 0 aromatic heterocycles. The first kappa shape index (κ1) is 26.3. The third-order valence-corrected chi connectivity index (χ3v) is 6.45. The molecule has 0 saturated carbocycles. The Bertz CT molecular complexity index is 1060. The molecule has 1 atom stereocenters. The van der Waals surface area contributed by atoms with E-state index in [4.69, 9.17) is 0 Å². The molecule has 2 aromatic carbocycles. The second-order valence-electron chi connectivity index (χ2n) is 8.02. The van der Waals surface area contributed by atoms with Crippen molar-refractivity contribution in [3.8, 4) is 0 Å². The number of sulfonamides is 1. The van der Waals surface area contributed by atoms with Crippen LogP contribution in [0.1, 0.15) is 37.8 Å². The van der Waals surface area contributed by atoms with Gasteiger partial charge in [-0.2, -0.15) is 0 Å². The summed E-state index contributed by atoms with van der Waals surface area (Å²) in [4.78, 5) is 27.4. The molecule has 2 amide bonds. The van der Waals surface area contributed by atoms with Crippen LogP contribution in [0.25, 0.3) is 0 Å². The van der Waals surface area contributed by atoms with Crippen molar-refractivity contribution in [1.82, 2.24) is 10.2 Å². The molecule has 180 valence electrons. The molecule has 7 nitrogen and oxygen atoms in total. The lowest BCUT2D eigenvalue weighted by Gasteiger charge is -2.32. The monoisotopic (exact) mass is 477 g/mol. The average molecular weight is 478 g/mol. The summed E-state index contributed by atoms with van der Waals surface area (Å²) in [6, 6.07) is 11.7. The number of unbranched alkanes of at least 4 members (excludes halogenated alkanes) is 1. The lowest BCUT2D eigenvalue weighted by molar-refractivity contribution is -0.139. The molecule has 0 spiro atoms. The van der Waals surface area contributed by atoms with Gasteiger partial charge >= 0.3 is 0 Å². The number of carbonyl (C=O) groups excluding carboxylic acids is 2. The quantitative estimate of drug-likeness (QED) is 0.504. The average Bonchev–Trinajstić information content (AvgIpc) is 2.76. The topological polar surface area (TPSA) is 86.8 Å². The number of rotatable bonds is 11. The fraction of sp³-hybridized carbons (Fsp3) is 0.417. The van der Waals surface area contributed by atoms with Gasteiger partial charge in [0.25, 0.3) is 0 Å². The molecule has 1 N–H and O–H groups in total. The Kier molecular flexibility index (Phi) is 9.40. The van der Waals surface area contributed by atoms with Crippen LogP contribution < -0.4 is 9.62 Å². The zero-order valence-electron chi connectivity index (χ0n) is 19.5. The van der Waals surface area contributed by atoms with Crippen molar-refractivity contribution >= 4 is 27.5 Å². The van der Waals surface area contributed by atoms with Gasteiger partial charge in [0.15, 0.2) is 0 Å². The van der Waals surface area contributed by atoms with E-state index in [9.17, 15) is 22.4 Å². The SMILES string of the molecule is CCCCNC(=O)[C@H](C)N(Cc1ccc(F)cc1)C(=O)CN(c1ccccc1C)S(C)(=O)=O. The van der Waals surface area contributed by atoms with Crippen LogP contribution in [0.3, 0.4) is 0 Å². The Morgan fingerprint density at radius 3 is 2.30 bits per heavy atom. The molecule has 33 heavy (non-hydrogen) atoms. The normalized spacial score (nSPS) is 12.2. The highest BCUT2D eigenvalue weighted by molar-refractivity contribution is 7.92. The van der Waals surface area contributed by atoms with E-state index in [0.717, 1.165) is 23.4 Å². The maximum atomic E-state index is 13.4. The molecule has 9 heteroatoms. The maximum absolute atomic E-state index is 13.4. The highest BCUT2D eigenvalue weighted by Crippen LogP contribution is 2.23. The molecule has 0 bridgehead atoms. The van der Waals surface area contributed by atoms with Crippen molar-refractivity contribution in [3.05, 3.63) is 65.5 Å². The zero-order chi connectivity index (χ0) is 24.6. The van der Waals surface area contributed by atoms with Gasteiger partial charge in [0.1, 0.15) is 18.4 Å². The molecule has 2 aromatic rings. The van der Waals surface area contributed by atoms with Crippen molar-refractivity contribution in [2.75, 3.05) is 23.7 Å². The Labute approximate surface area is 195 Å². The number of anilines is 1. The lowest BCUT2D eigenvalue weighted by atomic mass is 10.1. The molecule has 0 radical (unpaired) electrons. The summed E-state index contributed by atoms with van der Waals surface area (Å²) in [5, 5.41) is 2.81. The van der Waals surface area contributed by atoms with E-state index in [1.807, 2.05) is 6.92 Å². The van der Waals surface area contributed by atoms with E-state index in [0.29, 0.717) is 23.4 Å². The smallest absolute Gasteiger partial charge is 0.244 e. The summed E-state index contributed by atoms with van der Waals surface area (Å²) in [7, 11) is -3.78. The summed E-state index contributed by atoms with van der Waals surface area (Å²) in [5.74, 6) is -1.28. The Hall–Kier alpha value is -2.94. The Morgan fingerprint density at radius 1 is 1.09 bits per heavy atom. The highest BCUT2D eigenvalue weighted by Gasteiger charge is 2.30. The fourth-order valence-electron chi connectivity index (χ4n) is 3.34. The first-order valence-electron chi connectivity index (χ1n) is 10.9. The van der Waals surface area contributed by atoms with Crippen molar-refractivity contribution in [2.45, 2.75) is 46.2 Å². The molecular formula is C24H32FN3O4S. The molecule has 0 saturated heterocycles. The van der Waals surface area contributed by atoms with Gasteiger partial charge in [0.2, 0.25) is 21.8 Å². The number of benzene rings is 2. The van der Waals surface area contributed by atoms with Crippen molar-refractivity contribution in [1.29, 1.82) is 0 Å². The second kappa shape index (κ2) is 11.8. The van der Waals surface area contributed by atoms with Crippen LogP contribution in [0.2, 0.25) is 0 Å². The van der Waals surface area contributed by atoms with Gasteiger partial charge < -0.3 is 10.2 Å². The van der Waals surface area contributed by atoms with E-state index in [2.05, 4.69) is 5.32 Å². The first-order chi connectivity index (χ1) is 15.5. The van der Waals surface area contributed by atoms with Gasteiger partial charge in [-0.1, -0.05) is 43.7 Å². The predicted octanol–water partition coefficient (Wildman–Crippen LogP) is 3.23. The van der Waals surface area contributed by atoms with Crippen molar-refractivity contribution in [3.63, 3.8) is 0 Å². The van der Waals surface area contributed by atoms with Crippen LogP contribution in [-0.2, 0) is 26.2 Å². The third kappa shape index (κ3) is 7.56. The molecule has 0 aliphatic heterocycles. The molecule has 0 aliphatic carbocycles. The molecule has 2 rings (SSSR count). The number of hydrogen-bond acceptors (Lipinski definition) is 4. The number of para-hydroxylation sites is 1. The second-order valence-corrected chi connectivity index (χ2v) is 9.93. The summed E-state index contributed by atoms with van der Waals surface area (Å²) < 4.78 is 39.5. The number of nitrogens with zero attached hydrogens (tertiary/aromatic N) is 2. The first-order valence-corrected chi connectivity index (χ1v) is 12.7. The van der Waals surface area contributed by atoms with Crippen molar-refractivity contribution in [2.24, 2.45) is 0 Å². The number of aryl methyl sites for hydroxylation is 1. The Morgan fingerprint density at radius 2 is 1.73 bits per heavy atom. The molecule has 0 aliphatic rings. The number of hydrogen-bond donors (Lipinski definition) is 1. The molecule has 0 fully saturated rings. The Balaban J connectivity index is 2.34. The van der Waals surface area contributed by atoms with Gasteiger partial charge in [-0.25, -0.2) is 12.8 Å². The molecule has 0 heterocycles. The minimum Gasteiger partial charge on any atom is -0.354 e. The van der Waals surface area contributed by atoms with E-state index in [-0.39, 0.29) is 12.5 Å². The molecule has 0 unspecified atom stereocenters. The number of carbonyl (C=O) groups is 2. The van der Waals surface area contributed by atoms with Crippen LogP contribution in [0, 0.1) is 12.7 Å². The summed E-state index contributed by atoms with van der Waals surface area (Å²) in [6.07, 6.45) is 2.75. The third-order valence-electron chi connectivity index (χ3n) is 5.33. The van der Waals surface area contributed by atoms with Gasteiger partial charge in [0.05, 0.1) is 11.9 Å². The fourth-order valence-corrected chi connectivity index (χ4v) is 4.25. The zero-order valence-corrected chi connectivity index (χ0v) is 20.4. The van der Waals surface area contributed by atoms with E-state index >= 15 is 0 Å². The van der Waals surface area contributed by atoms with E-state index in [1.165, 1.54) is 29.2 Å². The number of amides is 2. The lowest BCUT2D eigenvalue weighted by Crippen LogP contribution is -2.51. The minimum absolute atomic E-state index is 0.0346. The van der Waals surface area contributed by atoms with Crippen LogP contribution in [0.4, 0.5) is 10.1 Å². The van der Waals surface area contributed by atoms with Crippen LogP contribution >= 0.6 is 0 Å². The number of nitrogens with one attached hydrogen (secondary N) is 1. The van der Waals surface area contributed by atoms with Gasteiger partial charge in [0, 0.05) is 13.1 Å². The summed E-state index contributed by atoms with van der Waals surface area (Å²) in [5.41, 5.74) is 1.72. The van der Waals surface area contributed by atoms with Gasteiger partial charge in [-0.3, -0.25) is 13.9 Å². The minimum atomic E-state index is -3.78. The summed E-state index contributed by atoms with van der Waals surface area (Å²) >= 11 is 0. The number of halogens is 1. The molecular weight excluding hydrogens is 445 g/mol. The van der Waals surface area contributed by atoms with Crippen LogP contribution in [-0.4, -0.2) is 50.5 Å². The van der Waals surface area contributed by atoms with Crippen LogP contribution in [0.5, 0.6) is 0 Å².